The first kappa shape index (κ1) is 7.05. The van der Waals surface area contributed by atoms with Crippen molar-refractivity contribution in [2.24, 2.45) is 0 Å². The molecule has 9 heavy (non-hydrogen) atoms. The van der Waals surface area contributed by atoms with E-state index in [1.165, 1.54) is 3.58 Å². The zero-order chi connectivity index (χ0) is 6.53. The molecule has 0 fully saturated rings. The Hall–Kier alpha value is -0.0604. The summed E-state index contributed by atoms with van der Waals surface area (Å²) >= 11 is 0.0284. The monoisotopic (exact) mass is 238 g/mol. The Labute approximate surface area is 64.3 Å². The number of carbonyl (C=O) groups is 1. The average molecular weight is 236 g/mol. The Morgan fingerprint density at radius 3 is 3.11 bits per heavy atom. The molecule has 1 nitrogen and oxygen atoms in total. The van der Waals surface area contributed by atoms with Crippen LogP contribution in [0.1, 0.15) is 10.0 Å². The number of hydrogen-bond donors (Lipinski definition) is 0. The predicted octanol–water partition coefficient (Wildman–Crippen LogP) is 0.875. The molecule has 48 valence electrons. The average Bonchev–Trinajstić information content (AvgIpc) is 2.34. The van der Waals surface area contributed by atoms with Crippen LogP contribution in [0.25, 0.3) is 0 Å². The van der Waals surface area contributed by atoms with E-state index in [4.69, 9.17) is 0 Å². The van der Waals surface area contributed by atoms with Gasteiger partial charge in [0.05, 0.1) is 0 Å². The third-order valence-corrected chi connectivity index (χ3v) is 3.76. The molecule has 1 aromatic heterocycles. The Morgan fingerprint density at radius 2 is 2.56 bits per heavy atom. The van der Waals surface area contributed by atoms with E-state index < -0.39 is 0 Å². The molecule has 0 aliphatic carbocycles. The summed E-state index contributed by atoms with van der Waals surface area (Å²) in [5.74, 6) is 0. The molecule has 0 atom stereocenters. The van der Waals surface area contributed by atoms with Crippen molar-refractivity contribution in [3.8, 4) is 0 Å². The van der Waals surface area contributed by atoms with Crippen molar-refractivity contribution in [1.29, 1.82) is 0 Å². The first-order valence-electron chi connectivity index (χ1n) is 2.89. The van der Waals surface area contributed by atoms with E-state index in [0.29, 0.717) is 6.42 Å². The van der Waals surface area contributed by atoms with Crippen LogP contribution >= 0.6 is 0 Å². The minimum atomic E-state index is 0.0284. The Balaban J connectivity index is 2.38. The van der Waals surface area contributed by atoms with Gasteiger partial charge in [0.1, 0.15) is 0 Å². The van der Waals surface area contributed by atoms with Gasteiger partial charge in [-0.1, -0.05) is 0 Å². The van der Waals surface area contributed by atoms with Crippen LogP contribution in [-0.2, 0) is 11.2 Å². The van der Waals surface area contributed by atoms with Gasteiger partial charge in [-0.15, -0.1) is 0 Å². The van der Waals surface area contributed by atoms with Crippen molar-refractivity contribution in [3.63, 3.8) is 0 Å². The van der Waals surface area contributed by atoms with Gasteiger partial charge in [0.25, 0.3) is 0 Å². The summed E-state index contributed by atoms with van der Waals surface area (Å²) in [5.41, 5.74) is 0. The number of rotatable bonds is 3. The molecule has 0 aliphatic rings. The van der Waals surface area contributed by atoms with Crippen LogP contribution < -0.4 is 0 Å². The van der Waals surface area contributed by atoms with Gasteiger partial charge < -0.3 is 0 Å². The summed E-state index contributed by atoms with van der Waals surface area (Å²) in [4.78, 5) is 9.93. The fraction of sp³-hybridized carbons (Fsp3) is 0.286. The standard InChI is InChI=1S/C7H8OTe/c8-5-1-3-7-4-2-6-9-7/h2,4-6H,1,3H2. The molecule has 1 aromatic rings. The fourth-order valence-corrected chi connectivity index (χ4v) is 2.72. The molecule has 0 bridgehead atoms. The summed E-state index contributed by atoms with van der Waals surface area (Å²) in [5, 5.41) is 0. The summed E-state index contributed by atoms with van der Waals surface area (Å²) in [6, 6.07) is 4.24. The van der Waals surface area contributed by atoms with E-state index in [9.17, 15) is 4.79 Å². The topological polar surface area (TPSA) is 17.1 Å². The molecule has 1 rings (SSSR count). The molecule has 0 unspecified atom stereocenters. The fourth-order valence-electron chi connectivity index (χ4n) is 0.656. The number of aldehydes is 1. The van der Waals surface area contributed by atoms with Gasteiger partial charge in [-0.3, -0.25) is 0 Å². The second-order valence-electron chi connectivity index (χ2n) is 1.78. The molecule has 0 amide bonds. The van der Waals surface area contributed by atoms with Crippen LogP contribution in [0, 0.1) is 0 Å². The normalized spacial score (nSPS) is 9.33. The summed E-state index contributed by atoms with van der Waals surface area (Å²) in [6.45, 7) is 0. The minimum absolute atomic E-state index is 0.0284. The van der Waals surface area contributed by atoms with Crippen LogP contribution in [0.4, 0.5) is 0 Å². The molecule has 0 spiro atoms. The maximum absolute atomic E-state index is 9.93. The summed E-state index contributed by atoms with van der Waals surface area (Å²) < 4.78 is 3.75. The molecule has 0 saturated heterocycles. The Morgan fingerprint density at radius 1 is 1.67 bits per heavy atom. The van der Waals surface area contributed by atoms with Crippen molar-refractivity contribution < 1.29 is 4.79 Å². The zero-order valence-electron chi connectivity index (χ0n) is 5.04. The number of aryl methyl sites for hydroxylation is 1. The van der Waals surface area contributed by atoms with Crippen LogP contribution in [0.3, 0.4) is 0 Å². The molecule has 0 saturated carbocycles. The van der Waals surface area contributed by atoms with Crippen LogP contribution in [0.2, 0.25) is 0 Å². The van der Waals surface area contributed by atoms with E-state index >= 15 is 0 Å². The van der Waals surface area contributed by atoms with Crippen molar-refractivity contribution in [1.82, 2.24) is 0 Å². The Bertz CT molecular complexity index is 167. The van der Waals surface area contributed by atoms with Gasteiger partial charge in [0.15, 0.2) is 0 Å². The zero-order valence-corrected chi connectivity index (χ0v) is 7.37. The first-order valence-corrected chi connectivity index (χ1v) is 5.40. The maximum atomic E-state index is 9.93. The molecule has 0 aromatic carbocycles. The molecule has 2 heteroatoms. The molecule has 1 heterocycles. The van der Waals surface area contributed by atoms with Crippen molar-refractivity contribution in [2.75, 3.05) is 0 Å². The van der Waals surface area contributed by atoms with Crippen LogP contribution in [0.5, 0.6) is 0 Å². The van der Waals surface area contributed by atoms with Crippen LogP contribution in [0.15, 0.2) is 16.2 Å². The third kappa shape index (κ3) is 2.34. The number of hydrogen-bond acceptors (Lipinski definition) is 1. The van der Waals surface area contributed by atoms with Crippen molar-refractivity contribution >= 4 is 26.7 Å². The third-order valence-electron chi connectivity index (χ3n) is 1.09. The van der Waals surface area contributed by atoms with E-state index in [-0.39, 0.29) is 20.4 Å². The second kappa shape index (κ2) is 3.87. The SMILES string of the molecule is O=CCCc1ccc[te]1. The summed E-state index contributed by atoms with van der Waals surface area (Å²) in [7, 11) is 0. The van der Waals surface area contributed by atoms with Crippen molar-refractivity contribution in [3.05, 3.63) is 19.8 Å². The van der Waals surface area contributed by atoms with Gasteiger partial charge in [-0.2, -0.15) is 0 Å². The van der Waals surface area contributed by atoms with E-state index in [2.05, 4.69) is 16.2 Å². The van der Waals surface area contributed by atoms with Crippen molar-refractivity contribution in [2.45, 2.75) is 12.8 Å². The van der Waals surface area contributed by atoms with Gasteiger partial charge in [0, 0.05) is 0 Å². The van der Waals surface area contributed by atoms with Gasteiger partial charge in [-0.25, -0.2) is 0 Å². The van der Waals surface area contributed by atoms with E-state index in [1.807, 2.05) is 0 Å². The molecule has 0 N–H and O–H groups in total. The van der Waals surface area contributed by atoms with Gasteiger partial charge in [-0.05, 0) is 0 Å². The van der Waals surface area contributed by atoms with E-state index in [0.717, 1.165) is 12.7 Å². The van der Waals surface area contributed by atoms with Gasteiger partial charge in [0.2, 0.25) is 0 Å². The van der Waals surface area contributed by atoms with Gasteiger partial charge >= 0.3 is 64.1 Å². The number of carbonyl (C=O) groups excluding carboxylic acids is 1. The van der Waals surface area contributed by atoms with Crippen LogP contribution in [-0.4, -0.2) is 26.7 Å². The molecule has 0 radical (unpaired) electrons. The summed E-state index contributed by atoms with van der Waals surface area (Å²) in [6.07, 6.45) is 2.70. The second-order valence-corrected chi connectivity index (χ2v) is 4.73. The molecule has 0 aliphatic heterocycles. The Kier molecular flexibility index (Phi) is 3.03. The first-order chi connectivity index (χ1) is 4.43. The molecular formula is C7H8OTe. The molecular weight excluding hydrogens is 228 g/mol. The van der Waals surface area contributed by atoms with E-state index in [1.54, 1.807) is 0 Å². The quantitative estimate of drug-likeness (QED) is 0.562. The predicted molar refractivity (Wildman–Crippen MR) is 37.8 cm³/mol.